The predicted molar refractivity (Wildman–Crippen MR) is 111 cm³/mol. The zero-order valence-electron chi connectivity index (χ0n) is 15.3. The molecule has 2 rings (SSSR count). The molecule has 2 aromatic carbocycles. The summed E-state index contributed by atoms with van der Waals surface area (Å²) in [7, 11) is -2.43. The first-order valence-corrected chi connectivity index (χ1v) is 10.5. The summed E-state index contributed by atoms with van der Waals surface area (Å²) in [5.41, 5.74) is 0. The molecule has 0 saturated heterocycles. The Kier molecular flexibility index (Phi) is 6.58. The van der Waals surface area contributed by atoms with Crippen molar-refractivity contribution in [2.24, 2.45) is 0 Å². The third-order valence-electron chi connectivity index (χ3n) is 4.25. The number of rotatable bonds is 6. The van der Waals surface area contributed by atoms with E-state index in [1.165, 1.54) is 10.4 Å². The molecule has 25 heavy (non-hydrogen) atoms. The van der Waals surface area contributed by atoms with Crippen LogP contribution in [0.4, 0.5) is 0 Å². The Labute approximate surface area is 153 Å². The topological polar surface area (TPSA) is 9.23 Å². The number of allylic oxidation sites excluding steroid dienone is 3. The van der Waals surface area contributed by atoms with Gasteiger partial charge in [-0.05, 0) is 21.5 Å². The molecule has 2 aromatic rings. The molecule has 0 atom stereocenters. The zero-order chi connectivity index (χ0) is 18.2. The zero-order valence-corrected chi connectivity index (χ0v) is 16.3. The monoisotopic (exact) mass is 346 g/mol. The summed E-state index contributed by atoms with van der Waals surface area (Å²) in [6.45, 7) is 7.39. The van der Waals surface area contributed by atoms with Crippen LogP contribution in [0.1, 0.15) is 20.8 Å². The fraction of sp³-hybridized carbons (Fsp3) is 0.217. The molecule has 0 aliphatic heterocycles. The minimum Gasteiger partial charge on any atom is -0.404 e. The molecule has 1 nitrogen and oxygen atoms in total. The van der Waals surface area contributed by atoms with Crippen LogP contribution in [0.25, 0.3) is 0 Å². The third-order valence-corrected chi connectivity index (χ3v) is 9.26. The van der Waals surface area contributed by atoms with Gasteiger partial charge in [0.25, 0.3) is 8.32 Å². The molecule has 0 aliphatic carbocycles. The van der Waals surface area contributed by atoms with Crippen LogP contribution in [0, 0.1) is 12.3 Å². The first-order chi connectivity index (χ1) is 12.0. The third kappa shape index (κ3) is 4.39. The van der Waals surface area contributed by atoms with Gasteiger partial charge in [0.05, 0.1) is 6.61 Å². The van der Waals surface area contributed by atoms with Crippen molar-refractivity contribution in [3.63, 3.8) is 0 Å². The van der Waals surface area contributed by atoms with Gasteiger partial charge in [-0.25, -0.2) is 0 Å². The maximum Gasteiger partial charge on any atom is 0.261 e. The van der Waals surface area contributed by atoms with Gasteiger partial charge in [0.1, 0.15) is 0 Å². The van der Waals surface area contributed by atoms with Crippen molar-refractivity contribution in [2.45, 2.75) is 25.8 Å². The Balaban J connectivity index is 2.48. The number of benzene rings is 2. The molecule has 0 spiro atoms. The summed E-state index contributed by atoms with van der Waals surface area (Å²) in [5, 5.41) is 2.58. The molecule has 0 N–H and O–H groups in total. The van der Waals surface area contributed by atoms with E-state index in [-0.39, 0.29) is 5.04 Å². The summed E-state index contributed by atoms with van der Waals surface area (Å²) in [6.07, 6.45) is 12.7. The van der Waals surface area contributed by atoms with E-state index in [1.807, 2.05) is 18.2 Å². The van der Waals surface area contributed by atoms with Crippen LogP contribution in [0.2, 0.25) is 5.04 Å². The van der Waals surface area contributed by atoms with Crippen molar-refractivity contribution in [1.29, 1.82) is 0 Å². The molecule has 0 heterocycles. The highest BCUT2D eigenvalue weighted by atomic mass is 28.4. The van der Waals surface area contributed by atoms with E-state index in [1.54, 1.807) is 6.08 Å². The molecular formula is C23H26OSi. The Morgan fingerprint density at radius 1 is 0.920 bits per heavy atom. The average molecular weight is 347 g/mol. The van der Waals surface area contributed by atoms with Crippen LogP contribution < -0.4 is 10.4 Å². The van der Waals surface area contributed by atoms with Gasteiger partial charge in [-0.1, -0.05) is 106 Å². The Bertz CT molecular complexity index is 707. The average Bonchev–Trinajstić information content (AvgIpc) is 2.62. The number of terminal acetylenes is 1. The van der Waals surface area contributed by atoms with Gasteiger partial charge in [0.15, 0.2) is 0 Å². The lowest BCUT2D eigenvalue weighted by Gasteiger charge is -2.42. The van der Waals surface area contributed by atoms with Crippen molar-refractivity contribution in [1.82, 2.24) is 0 Å². The molecule has 0 aromatic heterocycles. The van der Waals surface area contributed by atoms with Gasteiger partial charge in [0, 0.05) is 0 Å². The second kappa shape index (κ2) is 8.67. The minimum atomic E-state index is -2.43. The Morgan fingerprint density at radius 3 is 1.88 bits per heavy atom. The first-order valence-electron chi connectivity index (χ1n) is 8.55. The maximum atomic E-state index is 6.71. The summed E-state index contributed by atoms with van der Waals surface area (Å²) < 4.78 is 6.71. The van der Waals surface area contributed by atoms with Crippen LogP contribution in [0.3, 0.4) is 0 Å². The van der Waals surface area contributed by atoms with Crippen LogP contribution in [0.15, 0.2) is 85.0 Å². The number of hydrogen-bond acceptors (Lipinski definition) is 1. The number of hydrogen-bond donors (Lipinski definition) is 0. The molecule has 0 fully saturated rings. The van der Waals surface area contributed by atoms with Gasteiger partial charge in [-0.2, -0.15) is 0 Å². The Morgan fingerprint density at radius 2 is 1.44 bits per heavy atom. The van der Waals surface area contributed by atoms with Gasteiger partial charge in [-0.15, -0.1) is 6.42 Å². The van der Waals surface area contributed by atoms with Crippen LogP contribution in [0.5, 0.6) is 0 Å². The molecule has 0 radical (unpaired) electrons. The van der Waals surface area contributed by atoms with E-state index in [4.69, 9.17) is 10.8 Å². The van der Waals surface area contributed by atoms with Crippen molar-refractivity contribution in [3.8, 4) is 12.3 Å². The molecule has 0 unspecified atom stereocenters. The quantitative estimate of drug-likeness (QED) is 0.430. The summed E-state index contributed by atoms with van der Waals surface area (Å²) in [4.78, 5) is 0. The summed E-state index contributed by atoms with van der Waals surface area (Å²) in [6, 6.07) is 21.3. The van der Waals surface area contributed by atoms with E-state index in [0.29, 0.717) is 6.61 Å². The second-order valence-corrected chi connectivity index (χ2v) is 11.2. The molecule has 0 aliphatic rings. The van der Waals surface area contributed by atoms with Crippen LogP contribution in [-0.2, 0) is 4.43 Å². The lowest BCUT2D eigenvalue weighted by Crippen LogP contribution is -2.66. The first kappa shape index (κ1) is 19.0. The fourth-order valence-electron chi connectivity index (χ4n) is 3.18. The highest BCUT2D eigenvalue weighted by Gasteiger charge is 2.49. The van der Waals surface area contributed by atoms with Gasteiger partial charge in [-0.3, -0.25) is 0 Å². The van der Waals surface area contributed by atoms with Gasteiger partial charge >= 0.3 is 0 Å². The molecule has 0 amide bonds. The molecule has 2 heteroatoms. The predicted octanol–water partition coefficient (Wildman–Crippen LogP) is 4.31. The SMILES string of the molecule is C#C/C=C/C=C/CO[Si](c1ccccc1)(c1ccccc1)C(C)(C)C. The van der Waals surface area contributed by atoms with Crippen molar-refractivity contribution >= 4 is 18.7 Å². The van der Waals surface area contributed by atoms with E-state index in [0.717, 1.165) is 0 Å². The normalized spacial score (nSPS) is 12.6. The van der Waals surface area contributed by atoms with Crippen LogP contribution in [-0.4, -0.2) is 14.9 Å². The van der Waals surface area contributed by atoms with E-state index in [9.17, 15) is 0 Å². The lowest BCUT2D eigenvalue weighted by atomic mass is 10.2. The maximum absolute atomic E-state index is 6.71. The van der Waals surface area contributed by atoms with Crippen molar-refractivity contribution in [3.05, 3.63) is 85.0 Å². The summed E-state index contributed by atoms with van der Waals surface area (Å²) >= 11 is 0. The fourth-order valence-corrected chi connectivity index (χ4v) is 7.68. The molecule has 128 valence electrons. The van der Waals surface area contributed by atoms with Crippen LogP contribution >= 0.6 is 0 Å². The molecule has 0 saturated carbocycles. The molecular weight excluding hydrogens is 320 g/mol. The van der Waals surface area contributed by atoms with E-state index in [2.05, 4.69) is 87.4 Å². The van der Waals surface area contributed by atoms with E-state index < -0.39 is 8.32 Å². The largest absolute Gasteiger partial charge is 0.404 e. The Hall–Kier alpha value is -2.34. The minimum absolute atomic E-state index is 0.00179. The van der Waals surface area contributed by atoms with E-state index >= 15 is 0 Å². The standard InChI is InChI=1S/C23H26OSi/c1-5-6-7-8-15-20-24-25(23(2,3)4,21-16-11-9-12-17-21)22-18-13-10-14-19-22/h1,6-19H,20H2,2-4H3/b7-6+,15-8+. The van der Waals surface area contributed by atoms with Gasteiger partial charge < -0.3 is 4.43 Å². The van der Waals surface area contributed by atoms with Crippen molar-refractivity contribution in [2.75, 3.05) is 6.61 Å². The highest BCUT2D eigenvalue weighted by Crippen LogP contribution is 2.36. The van der Waals surface area contributed by atoms with Crippen molar-refractivity contribution < 1.29 is 4.43 Å². The highest BCUT2D eigenvalue weighted by molar-refractivity contribution is 6.99. The smallest absolute Gasteiger partial charge is 0.261 e. The molecule has 0 bridgehead atoms. The van der Waals surface area contributed by atoms with Gasteiger partial charge in [0.2, 0.25) is 0 Å². The summed E-state index contributed by atoms with van der Waals surface area (Å²) in [5.74, 6) is 2.49. The lowest BCUT2D eigenvalue weighted by molar-refractivity contribution is 0.339. The second-order valence-electron chi connectivity index (χ2n) is 6.93.